The van der Waals surface area contributed by atoms with Crippen molar-refractivity contribution >= 4 is 40.0 Å². The van der Waals surface area contributed by atoms with Gasteiger partial charge in [0.2, 0.25) is 5.13 Å². The van der Waals surface area contributed by atoms with Crippen LogP contribution in [0.25, 0.3) is 21.7 Å². The number of benzene rings is 3. The van der Waals surface area contributed by atoms with Crippen LogP contribution >= 0.6 is 22.9 Å². The van der Waals surface area contributed by atoms with Crippen molar-refractivity contribution in [3.8, 4) is 27.4 Å². The Balaban J connectivity index is 1.70. The number of thiazole rings is 1. The number of rotatable bonds is 7. The number of nitrogens with zero attached hydrogens (tertiary/aromatic N) is 3. The summed E-state index contributed by atoms with van der Waals surface area (Å²) in [5.74, 6) is 0.810. The zero-order chi connectivity index (χ0) is 22.5. The van der Waals surface area contributed by atoms with E-state index in [1.54, 1.807) is 30.5 Å². The Kier molecular flexibility index (Phi) is 6.58. The maximum Gasteiger partial charge on any atom is 0.269 e. The van der Waals surface area contributed by atoms with Crippen molar-refractivity contribution in [1.29, 1.82) is 0 Å². The molecular formula is C24H18ClN3O3S. The predicted molar refractivity (Wildman–Crippen MR) is 130 cm³/mol. The molecule has 32 heavy (non-hydrogen) atoms. The second-order valence-electron chi connectivity index (χ2n) is 6.75. The van der Waals surface area contributed by atoms with Crippen LogP contribution in [0.3, 0.4) is 0 Å². The minimum absolute atomic E-state index is 0.0417. The molecule has 0 aliphatic heterocycles. The Morgan fingerprint density at radius 3 is 2.31 bits per heavy atom. The highest BCUT2D eigenvalue weighted by molar-refractivity contribution is 7.19. The van der Waals surface area contributed by atoms with Crippen molar-refractivity contribution < 1.29 is 9.66 Å². The van der Waals surface area contributed by atoms with Crippen molar-refractivity contribution in [2.24, 2.45) is 4.99 Å². The third-order valence-corrected chi connectivity index (χ3v) is 5.85. The molecule has 0 saturated heterocycles. The first-order valence-electron chi connectivity index (χ1n) is 9.82. The van der Waals surface area contributed by atoms with Gasteiger partial charge in [-0.2, -0.15) is 0 Å². The molecule has 0 aliphatic carbocycles. The fraction of sp³-hybridized carbons (Fsp3) is 0.0833. The van der Waals surface area contributed by atoms with Crippen molar-refractivity contribution in [2.75, 3.05) is 6.61 Å². The number of nitro groups is 1. The topological polar surface area (TPSA) is 77.6 Å². The third kappa shape index (κ3) is 5.01. The molecule has 4 aromatic rings. The third-order valence-electron chi connectivity index (χ3n) is 4.59. The van der Waals surface area contributed by atoms with Gasteiger partial charge in [-0.15, -0.1) is 0 Å². The molecule has 8 heteroatoms. The molecule has 0 saturated carbocycles. The summed E-state index contributed by atoms with van der Waals surface area (Å²) in [7, 11) is 0. The Morgan fingerprint density at radius 1 is 1.03 bits per heavy atom. The number of nitro benzene ring substituents is 1. The van der Waals surface area contributed by atoms with Gasteiger partial charge in [0.1, 0.15) is 5.75 Å². The van der Waals surface area contributed by atoms with Crippen LogP contribution in [0, 0.1) is 10.1 Å². The van der Waals surface area contributed by atoms with Gasteiger partial charge in [-0.25, -0.2) is 9.98 Å². The van der Waals surface area contributed by atoms with Gasteiger partial charge in [-0.05, 0) is 66.6 Å². The molecule has 0 atom stereocenters. The summed E-state index contributed by atoms with van der Waals surface area (Å²) in [6, 6.07) is 21.5. The van der Waals surface area contributed by atoms with Crippen LogP contribution in [0.2, 0.25) is 5.02 Å². The molecule has 0 radical (unpaired) electrons. The summed E-state index contributed by atoms with van der Waals surface area (Å²) in [6.45, 7) is 2.56. The molecule has 1 aromatic heterocycles. The molecule has 0 unspecified atom stereocenters. The molecule has 0 spiro atoms. The van der Waals surface area contributed by atoms with E-state index in [0.29, 0.717) is 16.8 Å². The summed E-state index contributed by atoms with van der Waals surface area (Å²) in [4.78, 5) is 20.7. The highest BCUT2D eigenvalue weighted by Crippen LogP contribution is 2.40. The largest absolute Gasteiger partial charge is 0.494 e. The second kappa shape index (κ2) is 9.72. The second-order valence-corrected chi connectivity index (χ2v) is 8.16. The molecule has 0 bridgehead atoms. The Morgan fingerprint density at radius 2 is 1.69 bits per heavy atom. The molecule has 1 heterocycles. The standard InChI is InChI=1S/C24H18ClN3O3S/c1-2-31-21-13-3-16(4-14-21)15-26-24-27-22(17-5-9-19(25)10-6-17)23(32-24)18-7-11-20(12-8-18)28(29)30/h3-15H,2H2,1H3. The Labute approximate surface area is 194 Å². The molecule has 0 aliphatic rings. The number of aromatic nitrogens is 1. The Bertz CT molecular complexity index is 1250. The summed E-state index contributed by atoms with van der Waals surface area (Å²) in [5, 5.41) is 12.2. The monoisotopic (exact) mass is 463 g/mol. The normalized spacial score (nSPS) is 11.1. The molecule has 0 fully saturated rings. The zero-order valence-electron chi connectivity index (χ0n) is 17.1. The molecule has 6 nitrogen and oxygen atoms in total. The van der Waals surface area contributed by atoms with E-state index in [9.17, 15) is 10.1 Å². The van der Waals surface area contributed by atoms with Crippen LogP contribution in [0.4, 0.5) is 10.8 Å². The number of hydrogen-bond donors (Lipinski definition) is 0. The fourth-order valence-electron chi connectivity index (χ4n) is 3.04. The van der Waals surface area contributed by atoms with E-state index in [2.05, 4.69) is 4.99 Å². The predicted octanol–water partition coefficient (Wildman–Crippen LogP) is 7.19. The minimum Gasteiger partial charge on any atom is -0.494 e. The quantitative estimate of drug-likeness (QED) is 0.165. The van der Waals surface area contributed by atoms with Gasteiger partial charge in [0.25, 0.3) is 5.69 Å². The van der Waals surface area contributed by atoms with Crippen molar-refractivity contribution in [3.05, 3.63) is 93.5 Å². The summed E-state index contributed by atoms with van der Waals surface area (Å²) in [6.07, 6.45) is 1.75. The van der Waals surface area contributed by atoms with Crippen LogP contribution in [0.5, 0.6) is 5.75 Å². The van der Waals surface area contributed by atoms with Gasteiger partial charge in [-0.1, -0.05) is 35.1 Å². The molecule has 3 aromatic carbocycles. The number of non-ortho nitro benzene ring substituents is 1. The van der Waals surface area contributed by atoms with Gasteiger partial charge < -0.3 is 4.74 Å². The maximum atomic E-state index is 11.0. The van der Waals surface area contributed by atoms with Crippen LogP contribution in [0.1, 0.15) is 12.5 Å². The van der Waals surface area contributed by atoms with Crippen LogP contribution in [-0.4, -0.2) is 22.7 Å². The van der Waals surface area contributed by atoms with E-state index in [1.165, 1.54) is 23.5 Å². The lowest BCUT2D eigenvalue weighted by Crippen LogP contribution is -1.91. The molecule has 0 N–H and O–H groups in total. The average molecular weight is 464 g/mol. The van der Waals surface area contributed by atoms with E-state index < -0.39 is 4.92 Å². The highest BCUT2D eigenvalue weighted by atomic mass is 35.5. The van der Waals surface area contributed by atoms with Crippen molar-refractivity contribution in [1.82, 2.24) is 4.98 Å². The van der Waals surface area contributed by atoms with Crippen LogP contribution < -0.4 is 4.74 Å². The lowest BCUT2D eigenvalue weighted by Gasteiger charge is -2.03. The van der Waals surface area contributed by atoms with E-state index in [1.807, 2.05) is 43.3 Å². The number of halogens is 1. The SMILES string of the molecule is CCOc1ccc(C=Nc2nc(-c3ccc(Cl)cc3)c(-c3ccc([N+](=O)[O-])cc3)s2)cc1. The van der Waals surface area contributed by atoms with Crippen molar-refractivity contribution in [3.63, 3.8) is 0 Å². The lowest BCUT2D eigenvalue weighted by molar-refractivity contribution is -0.384. The summed E-state index contributed by atoms with van der Waals surface area (Å²) in [5.41, 5.74) is 3.44. The number of ether oxygens (including phenoxy) is 1. The smallest absolute Gasteiger partial charge is 0.269 e. The van der Waals surface area contributed by atoms with Crippen LogP contribution in [-0.2, 0) is 0 Å². The summed E-state index contributed by atoms with van der Waals surface area (Å²) < 4.78 is 5.47. The van der Waals surface area contributed by atoms with Gasteiger partial charge in [0, 0.05) is 28.9 Å². The number of hydrogen-bond acceptors (Lipinski definition) is 6. The number of aliphatic imine (C=N–C) groups is 1. The van der Waals surface area contributed by atoms with E-state index in [-0.39, 0.29) is 5.69 Å². The van der Waals surface area contributed by atoms with Crippen molar-refractivity contribution in [2.45, 2.75) is 6.92 Å². The maximum absolute atomic E-state index is 11.0. The minimum atomic E-state index is -0.414. The first kappa shape index (κ1) is 21.7. The van der Waals surface area contributed by atoms with E-state index in [4.69, 9.17) is 21.3 Å². The highest BCUT2D eigenvalue weighted by Gasteiger charge is 2.16. The molecule has 0 amide bonds. The fourth-order valence-corrected chi connectivity index (χ4v) is 4.11. The van der Waals surface area contributed by atoms with E-state index in [0.717, 1.165) is 33.0 Å². The van der Waals surface area contributed by atoms with Gasteiger partial charge in [0.15, 0.2) is 0 Å². The zero-order valence-corrected chi connectivity index (χ0v) is 18.6. The molecule has 4 rings (SSSR count). The Hall–Kier alpha value is -3.55. The average Bonchev–Trinajstić information content (AvgIpc) is 3.24. The summed E-state index contributed by atoms with van der Waals surface area (Å²) >= 11 is 7.46. The van der Waals surface area contributed by atoms with Gasteiger partial charge in [-0.3, -0.25) is 10.1 Å². The van der Waals surface area contributed by atoms with Crippen LogP contribution in [0.15, 0.2) is 77.8 Å². The molecule has 160 valence electrons. The van der Waals surface area contributed by atoms with Gasteiger partial charge >= 0.3 is 0 Å². The lowest BCUT2D eigenvalue weighted by atomic mass is 10.1. The first-order chi connectivity index (χ1) is 15.5. The van der Waals surface area contributed by atoms with E-state index >= 15 is 0 Å². The first-order valence-corrected chi connectivity index (χ1v) is 11.0. The van der Waals surface area contributed by atoms with Gasteiger partial charge in [0.05, 0.1) is 22.1 Å². The molecular weight excluding hydrogens is 446 g/mol.